The molecule has 0 aromatic heterocycles. The minimum Gasteiger partial charge on any atom is -0.467 e. The molecule has 2 aromatic carbocycles. The van der Waals surface area contributed by atoms with Gasteiger partial charge in [0.05, 0.1) is 7.11 Å². The van der Waals surface area contributed by atoms with Crippen LogP contribution in [-0.4, -0.2) is 102 Å². The number of benzene rings is 2. The number of alkyl carbamates (subject to hydrolysis) is 1. The van der Waals surface area contributed by atoms with Gasteiger partial charge in [-0.05, 0) is 44.7 Å². The Morgan fingerprint density at radius 2 is 1.36 bits per heavy atom. The number of rotatable bonds is 6. The van der Waals surface area contributed by atoms with Crippen LogP contribution in [-0.2, 0) is 46.3 Å². The van der Waals surface area contributed by atoms with Gasteiger partial charge in [-0.3, -0.25) is 19.2 Å². The molecule has 2 aliphatic heterocycles. The van der Waals surface area contributed by atoms with E-state index in [9.17, 15) is 28.8 Å². The fraction of sp³-hybridized carbons (Fsp3) is 0.486. The normalized spacial score (nSPS) is 24.2. The van der Waals surface area contributed by atoms with Crippen LogP contribution in [0.25, 0.3) is 0 Å². The molecule has 270 valence electrons. The first-order valence-corrected chi connectivity index (χ1v) is 18.9. The molecule has 13 nitrogen and oxygen atoms in total. The van der Waals surface area contributed by atoms with Gasteiger partial charge >= 0.3 is 12.1 Å². The van der Waals surface area contributed by atoms with E-state index in [1.165, 1.54) is 33.6 Å². The van der Waals surface area contributed by atoms with Gasteiger partial charge in [0.15, 0.2) is 0 Å². The van der Waals surface area contributed by atoms with Crippen molar-refractivity contribution in [3.8, 4) is 0 Å². The molecule has 0 radical (unpaired) electrons. The van der Waals surface area contributed by atoms with Gasteiger partial charge < -0.3 is 35.6 Å². The number of esters is 1. The van der Waals surface area contributed by atoms with Gasteiger partial charge in [-0.2, -0.15) is 0 Å². The summed E-state index contributed by atoms with van der Waals surface area (Å²) in [5.41, 5.74) is 0.718. The average Bonchev–Trinajstić information content (AvgIpc) is 3.58. The maximum Gasteiger partial charge on any atom is 0.408 e. The Balaban J connectivity index is 1.69. The van der Waals surface area contributed by atoms with Gasteiger partial charge in [0, 0.05) is 30.9 Å². The van der Waals surface area contributed by atoms with Crippen molar-refractivity contribution in [3.05, 3.63) is 71.8 Å². The highest BCUT2D eigenvalue weighted by atomic mass is 33.1. The van der Waals surface area contributed by atoms with E-state index in [-0.39, 0.29) is 30.9 Å². The van der Waals surface area contributed by atoms with Gasteiger partial charge in [-0.15, -0.1) is 0 Å². The van der Waals surface area contributed by atoms with Crippen LogP contribution in [0, 0.1) is 0 Å². The molecule has 0 saturated carbocycles. The Morgan fingerprint density at radius 3 is 1.92 bits per heavy atom. The summed E-state index contributed by atoms with van der Waals surface area (Å²) in [6, 6.07) is 13.0. The first-order valence-electron chi connectivity index (χ1n) is 16.5. The zero-order valence-corrected chi connectivity index (χ0v) is 30.3. The maximum absolute atomic E-state index is 14.0. The second-order valence-corrected chi connectivity index (χ2v) is 15.6. The highest BCUT2D eigenvalue weighted by Crippen LogP contribution is 2.26. The van der Waals surface area contributed by atoms with E-state index in [0.717, 1.165) is 11.1 Å². The van der Waals surface area contributed by atoms with Crippen molar-refractivity contribution < 1.29 is 38.2 Å². The number of fused-ring (bicyclic) bond motifs is 1. The number of hydrogen-bond donors (Lipinski definition) is 4. The smallest absolute Gasteiger partial charge is 0.408 e. The van der Waals surface area contributed by atoms with E-state index in [0.29, 0.717) is 12.8 Å². The predicted molar refractivity (Wildman–Crippen MR) is 191 cm³/mol. The molecule has 50 heavy (non-hydrogen) atoms. The summed E-state index contributed by atoms with van der Waals surface area (Å²) in [4.78, 5) is 82.8. The quantitative estimate of drug-likeness (QED) is 0.256. The summed E-state index contributed by atoms with van der Waals surface area (Å²) in [6.07, 6.45) is 0.331. The van der Waals surface area contributed by atoms with E-state index >= 15 is 0 Å². The van der Waals surface area contributed by atoms with Crippen LogP contribution < -0.4 is 21.3 Å². The zero-order valence-electron chi connectivity index (χ0n) is 28.6. The molecule has 5 atom stereocenters. The van der Waals surface area contributed by atoms with Crippen LogP contribution in [0.1, 0.15) is 44.7 Å². The molecule has 4 N–H and O–H groups in total. The Labute approximate surface area is 300 Å². The van der Waals surface area contributed by atoms with Crippen LogP contribution in [0.3, 0.4) is 0 Å². The summed E-state index contributed by atoms with van der Waals surface area (Å²) in [5.74, 6) is -2.78. The molecule has 2 saturated heterocycles. The molecule has 4 rings (SSSR count). The van der Waals surface area contributed by atoms with Crippen molar-refractivity contribution in [3.63, 3.8) is 0 Å². The third-order valence-electron chi connectivity index (χ3n) is 8.01. The fourth-order valence-electron chi connectivity index (χ4n) is 5.60. The first kappa shape index (κ1) is 38.6. The van der Waals surface area contributed by atoms with Crippen molar-refractivity contribution in [2.45, 2.75) is 82.3 Å². The third kappa shape index (κ3) is 11.4. The number of ether oxygens (including phenoxy) is 2. The topological polar surface area (TPSA) is 172 Å². The van der Waals surface area contributed by atoms with Crippen LogP contribution in [0.2, 0.25) is 0 Å². The second-order valence-electron chi connectivity index (χ2n) is 13.0. The summed E-state index contributed by atoms with van der Waals surface area (Å²) < 4.78 is 10.4. The lowest BCUT2D eigenvalue weighted by Crippen LogP contribution is -2.59. The van der Waals surface area contributed by atoms with Crippen molar-refractivity contribution in [1.82, 2.24) is 26.2 Å². The molecule has 15 heteroatoms. The predicted octanol–water partition coefficient (Wildman–Crippen LogP) is 2.38. The Morgan fingerprint density at radius 1 is 0.820 bits per heavy atom. The minimum absolute atomic E-state index is 0.0610. The number of nitrogens with zero attached hydrogens (tertiary/aromatic N) is 1. The lowest BCUT2D eigenvalue weighted by molar-refractivity contribution is -0.144. The summed E-state index contributed by atoms with van der Waals surface area (Å²) in [6.45, 7) is 5.39. The Bertz CT molecular complexity index is 1510. The molecular weight excluding hydrogens is 683 g/mol. The van der Waals surface area contributed by atoms with Gasteiger partial charge in [-0.1, -0.05) is 82.3 Å². The third-order valence-corrected chi connectivity index (χ3v) is 10.4. The monoisotopic (exact) mass is 727 g/mol. The highest BCUT2D eigenvalue weighted by Gasteiger charge is 2.40. The lowest BCUT2D eigenvalue weighted by Gasteiger charge is -2.30. The maximum atomic E-state index is 14.0. The van der Waals surface area contributed by atoms with Crippen molar-refractivity contribution in [2.75, 3.05) is 25.2 Å². The Kier molecular flexibility index (Phi) is 14.0. The number of carbonyl (C=O) groups excluding carboxylic acids is 6. The van der Waals surface area contributed by atoms with Gasteiger partial charge in [-0.25, -0.2) is 9.59 Å². The molecule has 0 bridgehead atoms. The van der Waals surface area contributed by atoms with Gasteiger partial charge in [0.25, 0.3) is 0 Å². The molecule has 0 aliphatic carbocycles. The van der Waals surface area contributed by atoms with Crippen LogP contribution >= 0.6 is 21.6 Å². The standard InChI is InChI=1S/C35H45N5O8S2/c1-35(2,3)48-34(46)39-26-20-49-50-21-27(33(45)47-4)38-30(42)24(18-22-12-7-5-8-13-22)36-29(41)25(19-23-14-9-6-10-15-23)37-31(43)28-16-11-17-40(28)32(26)44/h5-10,12-15,24-28H,11,16-21H2,1-4H3,(H,36,41)(H,37,43)(H,38,42)(H,39,46)/t24-,25-,26-,27-,28-/m0/s1. The lowest BCUT2D eigenvalue weighted by atomic mass is 10.0. The van der Waals surface area contributed by atoms with Gasteiger partial charge in [0.1, 0.15) is 35.8 Å². The van der Waals surface area contributed by atoms with Crippen LogP contribution in [0.15, 0.2) is 60.7 Å². The zero-order chi connectivity index (χ0) is 36.3. The molecule has 2 aromatic rings. The second kappa shape index (κ2) is 18.1. The number of hydrogen-bond acceptors (Lipinski definition) is 10. The highest BCUT2D eigenvalue weighted by molar-refractivity contribution is 8.76. The van der Waals surface area contributed by atoms with E-state index < -0.39 is 71.5 Å². The first-order chi connectivity index (χ1) is 23.8. The van der Waals surface area contributed by atoms with Gasteiger partial charge in [0.2, 0.25) is 23.6 Å². The fourth-order valence-corrected chi connectivity index (χ4v) is 7.91. The summed E-state index contributed by atoms with van der Waals surface area (Å²) in [5, 5.41) is 11.0. The van der Waals surface area contributed by atoms with Crippen LogP contribution in [0.5, 0.6) is 0 Å². The SMILES string of the molecule is COC(=O)[C@@H]1CSSC[C@H](NC(=O)OC(C)(C)C)C(=O)N2CCC[C@H]2C(=O)N[C@@H](Cc2ccccc2)C(=O)N[C@@H](Cc2ccccc2)C(=O)N1. The number of nitrogens with one attached hydrogen (secondary N) is 4. The molecule has 5 amide bonds. The number of carbonyl (C=O) groups is 6. The number of methoxy groups -OCH3 is 1. The molecule has 2 heterocycles. The minimum atomic E-state index is -1.11. The van der Waals surface area contributed by atoms with E-state index in [1.54, 1.807) is 20.8 Å². The van der Waals surface area contributed by atoms with E-state index in [1.807, 2.05) is 60.7 Å². The molecule has 2 fully saturated rings. The summed E-state index contributed by atoms with van der Waals surface area (Å²) in [7, 11) is 3.61. The van der Waals surface area contributed by atoms with Crippen LogP contribution in [0.4, 0.5) is 4.79 Å². The summed E-state index contributed by atoms with van der Waals surface area (Å²) >= 11 is 0. The van der Waals surface area contributed by atoms with E-state index in [2.05, 4.69) is 21.3 Å². The molecule has 0 unspecified atom stereocenters. The average molecular weight is 728 g/mol. The molecule has 0 spiro atoms. The molecular formula is C35H45N5O8S2. The van der Waals surface area contributed by atoms with Crippen molar-refractivity contribution >= 4 is 57.3 Å². The van der Waals surface area contributed by atoms with Crippen molar-refractivity contribution in [1.29, 1.82) is 0 Å². The molecule has 2 aliphatic rings. The van der Waals surface area contributed by atoms with E-state index in [4.69, 9.17) is 9.47 Å². The van der Waals surface area contributed by atoms with Crippen molar-refractivity contribution in [2.24, 2.45) is 0 Å². The largest absolute Gasteiger partial charge is 0.467 e. The number of amides is 5. The Hall–Kier alpha value is -4.24.